The second-order valence-corrected chi connectivity index (χ2v) is 8.36. The van der Waals surface area contributed by atoms with Gasteiger partial charge in [0.1, 0.15) is 17.4 Å². The number of benzene rings is 1. The van der Waals surface area contributed by atoms with Crippen molar-refractivity contribution in [3.8, 4) is 5.75 Å². The van der Waals surface area contributed by atoms with Crippen LogP contribution in [0, 0.1) is 0 Å². The number of esters is 1. The standard InChI is InChI=1S/C22H28BF2NO8/c1-3-22(24,25)20(28)26-17-12-14-8-7-11-16(18(14)34-23(17)30)19(27)31-13(2)32-21(29)33-15-9-5-4-6-10-15/h7-8,11,13,15,17,30H,3-6,9-10,12H2,1-2H3,(H,26,28)/t13?,17-/m0/s1. The van der Waals surface area contributed by atoms with E-state index in [-0.39, 0.29) is 23.8 Å². The van der Waals surface area contributed by atoms with Gasteiger partial charge in [-0.3, -0.25) is 4.79 Å². The molecule has 3 rings (SSSR count). The Bertz CT molecular complexity index is 909. The Morgan fingerprint density at radius 2 is 1.94 bits per heavy atom. The molecule has 1 saturated carbocycles. The van der Waals surface area contributed by atoms with Crippen LogP contribution in [0.2, 0.25) is 0 Å². The van der Waals surface area contributed by atoms with Crippen molar-refractivity contribution in [2.45, 2.75) is 83.1 Å². The van der Waals surface area contributed by atoms with Gasteiger partial charge in [0.15, 0.2) is 0 Å². The van der Waals surface area contributed by atoms with Crippen molar-refractivity contribution in [2.24, 2.45) is 0 Å². The zero-order valence-corrected chi connectivity index (χ0v) is 19.1. The molecule has 0 saturated heterocycles. The lowest BCUT2D eigenvalue weighted by Crippen LogP contribution is -2.56. The van der Waals surface area contributed by atoms with E-state index in [2.05, 4.69) is 5.32 Å². The average Bonchev–Trinajstić information content (AvgIpc) is 2.79. The van der Waals surface area contributed by atoms with Crippen molar-refractivity contribution >= 4 is 25.2 Å². The van der Waals surface area contributed by atoms with Gasteiger partial charge in [0.2, 0.25) is 6.29 Å². The summed E-state index contributed by atoms with van der Waals surface area (Å²) in [5, 5.41) is 12.3. The third kappa shape index (κ3) is 6.37. The predicted molar refractivity (Wildman–Crippen MR) is 115 cm³/mol. The minimum atomic E-state index is -3.58. The van der Waals surface area contributed by atoms with E-state index in [0.29, 0.717) is 5.56 Å². The Balaban J connectivity index is 1.60. The average molecular weight is 483 g/mol. The van der Waals surface area contributed by atoms with Gasteiger partial charge in [-0.15, -0.1) is 0 Å². The van der Waals surface area contributed by atoms with Gasteiger partial charge < -0.3 is 29.2 Å². The lowest BCUT2D eigenvalue weighted by molar-refractivity contribution is -0.146. The quantitative estimate of drug-likeness (QED) is 0.345. The number of halogens is 2. The number of hydrogen-bond donors (Lipinski definition) is 2. The zero-order chi connectivity index (χ0) is 24.9. The van der Waals surface area contributed by atoms with E-state index < -0.39 is 49.7 Å². The van der Waals surface area contributed by atoms with Crippen LogP contribution in [0.15, 0.2) is 18.2 Å². The summed E-state index contributed by atoms with van der Waals surface area (Å²) in [4.78, 5) is 36.4. The highest BCUT2D eigenvalue weighted by Crippen LogP contribution is 2.31. The van der Waals surface area contributed by atoms with Gasteiger partial charge in [0.05, 0.1) is 5.94 Å². The van der Waals surface area contributed by atoms with Crippen molar-refractivity contribution in [3.05, 3.63) is 29.3 Å². The topological polar surface area (TPSA) is 120 Å². The molecular formula is C22H28BF2NO8. The summed E-state index contributed by atoms with van der Waals surface area (Å²) in [6.07, 6.45) is 1.41. The van der Waals surface area contributed by atoms with Crippen molar-refractivity contribution in [2.75, 3.05) is 0 Å². The maximum absolute atomic E-state index is 13.6. The molecule has 1 aliphatic heterocycles. The number of rotatable bonds is 7. The maximum Gasteiger partial charge on any atom is 0.547 e. The van der Waals surface area contributed by atoms with Crippen molar-refractivity contribution in [1.82, 2.24) is 5.32 Å². The molecule has 2 aliphatic rings. The van der Waals surface area contributed by atoms with Gasteiger partial charge in [0, 0.05) is 13.3 Å². The number of alkyl halides is 2. The number of amides is 1. The molecule has 9 nitrogen and oxygen atoms in total. The Labute approximate surface area is 196 Å². The fraction of sp³-hybridized carbons (Fsp3) is 0.591. The first-order valence-electron chi connectivity index (χ1n) is 11.3. The molecule has 2 atom stereocenters. The van der Waals surface area contributed by atoms with E-state index in [1.54, 1.807) is 6.07 Å². The molecule has 0 bridgehead atoms. The van der Waals surface area contributed by atoms with Crippen molar-refractivity contribution < 1.29 is 47.1 Å². The molecule has 0 spiro atoms. The summed E-state index contributed by atoms with van der Waals surface area (Å²) in [6, 6.07) is 4.46. The highest BCUT2D eigenvalue weighted by Gasteiger charge is 2.43. The Kier molecular flexibility index (Phi) is 8.35. The SMILES string of the molecule is CCC(F)(F)C(=O)N[C@H]1Cc2cccc(C(=O)OC(C)OC(=O)OC3CCCCC3)c2OB1O. The number of fused-ring (bicyclic) bond motifs is 1. The fourth-order valence-electron chi connectivity index (χ4n) is 3.86. The molecule has 186 valence electrons. The van der Waals surface area contributed by atoms with Gasteiger partial charge in [-0.1, -0.05) is 25.5 Å². The summed E-state index contributed by atoms with van der Waals surface area (Å²) in [6.45, 7) is 2.52. The molecule has 1 unspecified atom stereocenters. The van der Waals surface area contributed by atoms with E-state index in [9.17, 15) is 28.2 Å². The Hall–Kier alpha value is -2.89. The molecule has 1 heterocycles. The largest absolute Gasteiger partial charge is 0.547 e. The number of carbonyl (C=O) groups excluding carboxylic acids is 3. The third-order valence-electron chi connectivity index (χ3n) is 5.78. The van der Waals surface area contributed by atoms with Gasteiger partial charge in [-0.2, -0.15) is 8.78 Å². The lowest BCUT2D eigenvalue weighted by atomic mass is 9.72. The molecule has 1 amide bonds. The number of nitrogens with one attached hydrogen (secondary N) is 1. The monoisotopic (exact) mass is 483 g/mol. The summed E-state index contributed by atoms with van der Waals surface area (Å²) in [5.74, 6) is -7.14. The van der Waals surface area contributed by atoms with Crippen LogP contribution < -0.4 is 9.97 Å². The lowest BCUT2D eigenvalue weighted by Gasteiger charge is -2.30. The van der Waals surface area contributed by atoms with Crippen LogP contribution in [-0.4, -0.2) is 54.4 Å². The number of hydrogen-bond acceptors (Lipinski definition) is 8. The molecule has 1 fully saturated rings. The Morgan fingerprint density at radius 1 is 1.24 bits per heavy atom. The number of para-hydroxylation sites is 1. The molecule has 1 aliphatic carbocycles. The second-order valence-electron chi connectivity index (χ2n) is 8.36. The first-order valence-corrected chi connectivity index (χ1v) is 11.3. The van der Waals surface area contributed by atoms with Crippen LogP contribution in [0.4, 0.5) is 13.6 Å². The zero-order valence-electron chi connectivity index (χ0n) is 19.1. The van der Waals surface area contributed by atoms with Gasteiger partial charge in [-0.25, -0.2) is 9.59 Å². The maximum atomic E-state index is 13.6. The second kappa shape index (κ2) is 11.0. The molecule has 0 aromatic heterocycles. The molecule has 1 aromatic rings. The highest BCUT2D eigenvalue weighted by molar-refractivity contribution is 6.47. The smallest absolute Gasteiger partial charge is 0.534 e. The normalized spacial score (nSPS) is 19.3. The van der Waals surface area contributed by atoms with Gasteiger partial charge >= 0.3 is 25.2 Å². The van der Waals surface area contributed by atoms with Crippen LogP contribution in [0.5, 0.6) is 5.75 Å². The van der Waals surface area contributed by atoms with Crippen LogP contribution in [0.25, 0.3) is 0 Å². The molecular weight excluding hydrogens is 455 g/mol. The predicted octanol–water partition coefficient (Wildman–Crippen LogP) is 3.16. The number of ether oxygens (including phenoxy) is 3. The van der Waals surface area contributed by atoms with Gasteiger partial charge in [-0.05, 0) is 43.7 Å². The summed E-state index contributed by atoms with van der Waals surface area (Å²) in [5.41, 5.74) is 0.339. The summed E-state index contributed by atoms with van der Waals surface area (Å²) >= 11 is 0. The minimum Gasteiger partial charge on any atom is -0.534 e. The first-order chi connectivity index (χ1) is 16.1. The van der Waals surface area contributed by atoms with Crippen LogP contribution in [-0.2, 0) is 25.4 Å². The van der Waals surface area contributed by atoms with Crippen LogP contribution in [0.3, 0.4) is 0 Å². The van der Waals surface area contributed by atoms with E-state index in [1.165, 1.54) is 26.0 Å². The molecule has 2 N–H and O–H groups in total. The van der Waals surface area contributed by atoms with Crippen LogP contribution >= 0.6 is 0 Å². The van der Waals surface area contributed by atoms with Gasteiger partial charge in [0.25, 0.3) is 5.91 Å². The highest BCUT2D eigenvalue weighted by atomic mass is 19.3. The number of carbonyl (C=O) groups is 3. The summed E-state index contributed by atoms with van der Waals surface area (Å²) < 4.78 is 48.0. The first kappa shape index (κ1) is 25.7. The fourth-order valence-corrected chi connectivity index (χ4v) is 3.86. The van der Waals surface area contributed by atoms with Crippen molar-refractivity contribution in [3.63, 3.8) is 0 Å². The minimum absolute atomic E-state index is 0.00951. The van der Waals surface area contributed by atoms with E-state index in [0.717, 1.165) is 32.1 Å². The summed E-state index contributed by atoms with van der Waals surface area (Å²) in [7, 11) is -1.67. The van der Waals surface area contributed by atoms with Crippen molar-refractivity contribution in [1.29, 1.82) is 0 Å². The Morgan fingerprint density at radius 3 is 2.62 bits per heavy atom. The third-order valence-corrected chi connectivity index (χ3v) is 5.78. The van der Waals surface area contributed by atoms with E-state index >= 15 is 0 Å². The van der Waals surface area contributed by atoms with Crippen LogP contribution in [0.1, 0.15) is 68.3 Å². The van der Waals surface area contributed by atoms with E-state index in [1.807, 2.05) is 0 Å². The molecule has 0 radical (unpaired) electrons. The molecule has 1 aromatic carbocycles. The molecule has 34 heavy (non-hydrogen) atoms. The van der Waals surface area contributed by atoms with E-state index in [4.69, 9.17) is 18.9 Å². The molecule has 12 heteroatoms.